The lowest BCUT2D eigenvalue weighted by Gasteiger charge is -2.27. The minimum atomic E-state index is -0.353. The van der Waals surface area contributed by atoms with Gasteiger partial charge >= 0.3 is 0 Å². The number of nitrogens with one attached hydrogen (secondary N) is 1. The molecule has 156 valence electrons. The summed E-state index contributed by atoms with van der Waals surface area (Å²) >= 11 is 0. The summed E-state index contributed by atoms with van der Waals surface area (Å²) in [5, 5.41) is 12.3. The molecule has 1 aliphatic heterocycles. The van der Waals surface area contributed by atoms with Gasteiger partial charge in [0.05, 0.1) is 11.6 Å². The Bertz CT molecular complexity index is 1120. The largest absolute Gasteiger partial charge is 0.489 e. The predicted octanol–water partition coefficient (Wildman–Crippen LogP) is 4.92. The van der Waals surface area contributed by atoms with E-state index >= 15 is 0 Å². The first-order valence-electron chi connectivity index (χ1n) is 10.4. The molecule has 1 heterocycles. The second-order valence-corrected chi connectivity index (χ2v) is 7.88. The maximum absolute atomic E-state index is 13.1. The van der Waals surface area contributed by atoms with E-state index in [-0.39, 0.29) is 18.0 Å². The van der Waals surface area contributed by atoms with Crippen molar-refractivity contribution >= 4 is 17.3 Å². The number of amides is 1. The van der Waals surface area contributed by atoms with Gasteiger partial charge in [0.15, 0.2) is 0 Å². The van der Waals surface area contributed by atoms with Crippen LogP contribution in [0.5, 0.6) is 5.75 Å². The molecule has 3 aromatic carbocycles. The molecule has 0 fully saturated rings. The van der Waals surface area contributed by atoms with E-state index in [1.54, 1.807) is 6.07 Å². The Labute approximate surface area is 182 Å². The van der Waals surface area contributed by atoms with E-state index in [1.165, 1.54) is 5.56 Å². The molecule has 0 saturated carbocycles. The second kappa shape index (κ2) is 8.93. The van der Waals surface area contributed by atoms with Gasteiger partial charge in [0.1, 0.15) is 18.4 Å². The molecule has 5 heteroatoms. The summed E-state index contributed by atoms with van der Waals surface area (Å²) in [6.07, 6.45) is 0.887. The third-order valence-electron chi connectivity index (χ3n) is 5.51. The first-order valence-corrected chi connectivity index (χ1v) is 10.4. The van der Waals surface area contributed by atoms with E-state index in [9.17, 15) is 4.79 Å². The summed E-state index contributed by atoms with van der Waals surface area (Å²) in [5.74, 6) is 0.795. The molecule has 0 aliphatic carbocycles. The van der Waals surface area contributed by atoms with Crippen molar-refractivity contribution in [3.8, 4) is 11.8 Å². The number of ether oxygens (including phenoxy) is 1. The van der Waals surface area contributed by atoms with Crippen molar-refractivity contribution in [1.29, 1.82) is 5.26 Å². The first kappa shape index (κ1) is 20.5. The quantitative estimate of drug-likeness (QED) is 0.626. The predicted molar refractivity (Wildman–Crippen MR) is 122 cm³/mol. The van der Waals surface area contributed by atoms with Gasteiger partial charge < -0.3 is 15.0 Å². The van der Waals surface area contributed by atoms with Gasteiger partial charge in [-0.15, -0.1) is 0 Å². The van der Waals surface area contributed by atoms with Crippen molar-refractivity contribution in [2.75, 3.05) is 10.2 Å². The molecule has 0 saturated heterocycles. The molecule has 1 amide bonds. The molecule has 0 aromatic heterocycles. The van der Waals surface area contributed by atoms with E-state index in [4.69, 9.17) is 10.00 Å². The summed E-state index contributed by atoms with van der Waals surface area (Å²) in [7, 11) is 0. The number of fused-ring (bicyclic) bond motifs is 1. The fourth-order valence-corrected chi connectivity index (χ4v) is 3.97. The van der Waals surface area contributed by atoms with Gasteiger partial charge in [-0.25, -0.2) is 0 Å². The maximum atomic E-state index is 13.1. The smallest absolute Gasteiger partial charge is 0.249 e. The van der Waals surface area contributed by atoms with Crippen molar-refractivity contribution in [3.63, 3.8) is 0 Å². The molecule has 5 nitrogen and oxygen atoms in total. The first-order chi connectivity index (χ1) is 15.0. The van der Waals surface area contributed by atoms with E-state index in [2.05, 4.69) is 24.4 Å². The van der Waals surface area contributed by atoms with Crippen molar-refractivity contribution in [3.05, 3.63) is 89.5 Å². The fraction of sp³-hybridized carbons (Fsp3) is 0.231. The van der Waals surface area contributed by atoms with Crippen LogP contribution in [0.25, 0.3) is 0 Å². The molecular formula is C26H25N3O2. The van der Waals surface area contributed by atoms with Crippen molar-refractivity contribution in [1.82, 2.24) is 0 Å². The van der Waals surface area contributed by atoms with Crippen LogP contribution in [0.15, 0.2) is 72.8 Å². The number of nitrogens with zero attached hydrogens (tertiary/aromatic N) is 2. The topological polar surface area (TPSA) is 65.4 Å². The summed E-state index contributed by atoms with van der Waals surface area (Å²) in [4.78, 5) is 15.0. The van der Waals surface area contributed by atoms with Crippen LogP contribution in [-0.4, -0.2) is 18.0 Å². The van der Waals surface area contributed by atoms with E-state index in [1.807, 2.05) is 72.5 Å². The van der Waals surface area contributed by atoms with Crippen molar-refractivity contribution in [2.45, 2.75) is 39.0 Å². The Balaban J connectivity index is 1.36. The highest BCUT2D eigenvalue weighted by Crippen LogP contribution is 2.32. The monoisotopic (exact) mass is 411 g/mol. The normalized spacial score (nSPS) is 15.6. The van der Waals surface area contributed by atoms with Gasteiger partial charge in [-0.2, -0.15) is 5.26 Å². The number of carbonyl (C=O) groups is 1. The zero-order valence-electron chi connectivity index (χ0n) is 17.7. The fourth-order valence-electron chi connectivity index (χ4n) is 3.97. The summed E-state index contributed by atoms with van der Waals surface area (Å²) in [6, 6.07) is 25.0. The molecule has 0 spiro atoms. The van der Waals surface area contributed by atoms with E-state index < -0.39 is 0 Å². The standard InChI is InChI=1S/C26H25N3O2/c1-18-14-22-8-3-4-9-25(22)29(18)26(30)19(2)28-23-10-12-24(13-11-23)31-17-21-7-5-6-20(15-21)16-27/h3-13,15,18-19,28H,14,17H2,1-2H3. The Kier molecular flexibility index (Phi) is 5.90. The van der Waals surface area contributed by atoms with Gasteiger partial charge in [0.2, 0.25) is 5.91 Å². The van der Waals surface area contributed by atoms with E-state index in [0.717, 1.165) is 29.1 Å². The summed E-state index contributed by atoms with van der Waals surface area (Å²) in [6.45, 7) is 4.37. The van der Waals surface area contributed by atoms with Gasteiger partial charge in [-0.05, 0) is 73.9 Å². The lowest BCUT2D eigenvalue weighted by molar-refractivity contribution is -0.119. The number of hydrogen-bond donors (Lipinski definition) is 1. The molecule has 2 unspecified atom stereocenters. The Hall–Kier alpha value is -3.78. The van der Waals surface area contributed by atoms with Gasteiger partial charge in [-0.3, -0.25) is 4.79 Å². The maximum Gasteiger partial charge on any atom is 0.249 e. The molecular weight excluding hydrogens is 386 g/mol. The lowest BCUT2D eigenvalue weighted by Crippen LogP contribution is -2.44. The Morgan fingerprint density at radius 1 is 1.16 bits per heavy atom. The Morgan fingerprint density at radius 2 is 1.94 bits per heavy atom. The van der Waals surface area contributed by atoms with Crippen LogP contribution in [-0.2, 0) is 17.8 Å². The average Bonchev–Trinajstić information content (AvgIpc) is 3.13. The molecule has 0 bridgehead atoms. The number of nitriles is 1. The van der Waals surface area contributed by atoms with Crippen LogP contribution >= 0.6 is 0 Å². The number of para-hydroxylation sites is 1. The molecule has 4 rings (SSSR count). The highest BCUT2D eigenvalue weighted by atomic mass is 16.5. The van der Waals surface area contributed by atoms with Gasteiger partial charge in [-0.1, -0.05) is 30.3 Å². The van der Waals surface area contributed by atoms with Crippen LogP contribution in [0.4, 0.5) is 11.4 Å². The highest BCUT2D eigenvalue weighted by molar-refractivity contribution is 6.00. The summed E-state index contributed by atoms with van der Waals surface area (Å²) < 4.78 is 5.82. The van der Waals surface area contributed by atoms with Crippen LogP contribution in [0.1, 0.15) is 30.5 Å². The van der Waals surface area contributed by atoms with Crippen molar-refractivity contribution in [2.24, 2.45) is 0 Å². The minimum Gasteiger partial charge on any atom is -0.489 e. The number of rotatable bonds is 6. The number of carbonyl (C=O) groups excluding carboxylic acids is 1. The third kappa shape index (κ3) is 4.54. The number of anilines is 2. The molecule has 3 aromatic rings. The minimum absolute atomic E-state index is 0.0650. The van der Waals surface area contributed by atoms with Crippen LogP contribution in [0.3, 0.4) is 0 Å². The molecule has 2 atom stereocenters. The van der Waals surface area contributed by atoms with Gasteiger partial charge in [0.25, 0.3) is 0 Å². The lowest BCUT2D eigenvalue weighted by atomic mass is 10.1. The van der Waals surface area contributed by atoms with Crippen LogP contribution in [0.2, 0.25) is 0 Å². The number of benzene rings is 3. The Morgan fingerprint density at radius 3 is 2.71 bits per heavy atom. The number of hydrogen-bond acceptors (Lipinski definition) is 4. The zero-order chi connectivity index (χ0) is 21.8. The molecule has 1 N–H and O–H groups in total. The van der Waals surface area contributed by atoms with E-state index in [0.29, 0.717) is 12.2 Å². The van der Waals surface area contributed by atoms with Gasteiger partial charge in [0, 0.05) is 17.4 Å². The SMILES string of the molecule is CC(Nc1ccc(OCc2cccc(C#N)c2)cc1)C(=O)N1c2ccccc2CC1C. The molecule has 31 heavy (non-hydrogen) atoms. The summed E-state index contributed by atoms with van der Waals surface area (Å²) in [5.41, 5.74) is 4.66. The third-order valence-corrected chi connectivity index (χ3v) is 5.51. The molecule has 1 aliphatic rings. The average molecular weight is 412 g/mol. The van der Waals surface area contributed by atoms with Crippen molar-refractivity contribution < 1.29 is 9.53 Å². The zero-order valence-corrected chi connectivity index (χ0v) is 17.7. The molecule has 0 radical (unpaired) electrons. The second-order valence-electron chi connectivity index (χ2n) is 7.88. The van der Waals surface area contributed by atoms with Crippen LogP contribution in [0, 0.1) is 11.3 Å². The highest BCUT2D eigenvalue weighted by Gasteiger charge is 2.32. The van der Waals surface area contributed by atoms with Crippen LogP contribution < -0.4 is 15.0 Å².